The van der Waals surface area contributed by atoms with Gasteiger partial charge in [0.15, 0.2) is 0 Å². The summed E-state index contributed by atoms with van der Waals surface area (Å²) in [6.07, 6.45) is 2.89. The number of rotatable bonds is 7. The van der Waals surface area contributed by atoms with Crippen molar-refractivity contribution in [3.63, 3.8) is 0 Å². The number of halogens is 1. The molecule has 0 fully saturated rings. The summed E-state index contributed by atoms with van der Waals surface area (Å²) in [6, 6.07) is 0. The Balaban J connectivity index is 0.00000289. The maximum Gasteiger partial charge on any atom is 0.270 e. The topological polar surface area (TPSA) is 68.0 Å². The van der Waals surface area contributed by atoms with Gasteiger partial charge in [-0.3, -0.25) is 4.79 Å². The molecule has 4 nitrogen and oxygen atoms in total. The van der Waals surface area contributed by atoms with E-state index in [0.29, 0.717) is 18.2 Å². The SMILES string of the molecule is CC(C)CCCNC(=O)c1csc(CCN)n1.Cl. The van der Waals surface area contributed by atoms with Gasteiger partial charge in [-0.1, -0.05) is 13.8 Å². The van der Waals surface area contributed by atoms with Crippen LogP contribution in [0.5, 0.6) is 0 Å². The molecule has 0 aliphatic rings. The summed E-state index contributed by atoms with van der Waals surface area (Å²) in [6.45, 7) is 5.66. The second kappa shape index (κ2) is 9.30. The molecule has 0 aliphatic heterocycles. The minimum Gasteiger partial charge on any atom is -0.351 e. The summed E-state index contributed by atoms with van der Waals surface area (Å²) in [4.78, 5) is 15.9. The Morgan fingerprint density at radius 3 is 2.89 bits per heavy atom. The Bertz CT molecular complexity index is 355. The van der Waals surface area contributed by atoms with Crippen molar-refractivity contribution in [2.24, 2.45) is 11.7 Å². The molecule has 1 amide bonds. The lowest BCUT2D eigenvalue weighted by atomic mass is 10.1. The van der Waals surface area contributed by atoms with E-state index >= 15 is 0 Å². The number of nitrogens with two attached hydrogens (primary N) is 1. The van der Waals surface area contributed by atoms with Crippen molar-refractivity contribution in [2.45, 2.75) is 33.1 Å². The molecule has 6 heteroatoms. The summed E-state index contributed by atoms with van der Waals surface area (Å²) in [5.41, 5.74) is 5.96. The van der Waals surface area contributed by atoms with Gasteiger partial charge in [0, 0.05) is 18.3 Å². The fourth-order valence-electron chi connectivity index (χ4n) is 1.46. The number of hydrogen-bond donors (Lipinski definition) is 2. The van der Waals surface area contributed by atoms with Crippen molar-refractivity contribution in [2.75, 3.05) is 13.1 Å². The Morgan fingerprint density at radius 2 is 2.28 bits per heavy atom. The first-order valence-corrected chi connectivity index (χ1v) is 6.94. The number of nitrogens with one attached hydrogen (secondary N) is 1. The van der Waals surface area contributed by atoms with Crippen LogP contribution >= 0.6 is 23.7 Å². The van der Waals surface area contributed by atoms with Crippen LogP contribution in [0.15, 0.2) is 5.38 Å². The first kappa shape index (κ1) is 17.4. The second-order valence-electron chi connectivity index (χ2n) is 4.46. The Kier molecular flexibility index (Phi) is 8.97. The lowest BCUT2D eigenvalue weighted by Gasteiger charge is -2.05. The van der Waals surface area contributed by atoms with Crippen LogP contribution in [0.25, 0.3) is 0 Å². The van der Waals surface area contributed by atoms with Crippen molar-refractivity contribution in [3.8, 4) is 0 Å². The number of carbonyl (C=O) groups excluding carboxylic acids is 1. The van der Waals surface area contributed by atoms with E-state index in [0.717, 1.165) is 30.8 Å². The maximum atomic E-state index is 11.7. The summed E-state index contributed by atoms with van der Waals surface area (Å²) in [5, 5.41) is 5.61. The van der Waals surface area contributed by atoms with Gasteiger partial charge in [-0.25, -0.2) is 4.98 Å². The quantitative estimate of drug-likeness (QED) is 0.757. The highest BCUT2D eigenvalue weighted by Gasteiger charge is 2.09. The molecule has 0 aromatic carbocycles. The maximum absolute atomic E-state index is 11.7. The van der Waals surface area contributed by atoms with Crippen LogP contribution in [0.4, 0.5) is 0 Å². The van der Waals surface area contributed by atoms with Crippen LogP contribution in [0.3, 0.4) is 0 Å². The van der Waals surface area contributed by atoms with Crippen LogP contribution < -0.4 is 11.1 Å². The van der Waals surface area contributed by atoms with Crippen molar-refractivity contribution < 1.29 is 4.79 Å². The molecule has 104 valence electrons. The van der Waals surface area contributed by atoms with E-state index in [-0.39, 0.29) is 18.3 Å². The predicted molar refractivity (Wildman–Crippen MR) is 78.5 cm³/mol. The fourth-order valence-corrected chi connectivity index (χ4v) is 2.25. The molecule has 0 saturated heterocycles. The minimum atomic E-state index is -0.0757. The molecule has 1 rings (SSSR count). The Hall–Kier alpha value is -0.650. The van der Waals surface area contributed by atoms with Gasteiger partial charge in [0.05, 0.1) is 5.01 Å². The summed E-state index contributed by atoms with van der Waals surface area (Å²) >= 11 is 1.49. The van der Waals surface area contributed by atoms with Gasteiger partial charge < -0.3 is 11.1 Å². The predicted octanol–water partition coefficient (Wildman–Crippen LogP) is 2.23. The van der Waals surface area contributed by atoms with Crippen LogP contribution in [-0.2, 0) is 6.42 Å². The third-order valence-corrected chi connectivity index (χ3v) is 3.29. The molecule has 1 heterocycles. The van der Waals surface area contributed by atoms with Crippen LogP contribution in [0, 0.1) is 5.92 Å². The van der Waals surface area contributed by atoms with Gasteiger partial charge in [0.2, 0.25) is 0 Å². The molecule has 0 atom stereocenters. The molecule has 1 aromatic heterocycles. The molecule has 18 heavy (non-hydrogen) atoms. The highest BCUT2D eigenvalue weighted by molar-refractivity contribution is 7.09. The molecular formula is C12H22ClN3OS. The monoisotopic (exact) mass is 291 g/mol. The first-order chi connectivity index (χ1) is 8.13. The summed E-state index contributed by atoms with van der Waals surface area (Å²) < 4.78 is 0. The smallest absolute Gasteiger partial charge is 0.270 e. The molecule has 1 aromatic rings. The van der Waals surface area contributed by atoms with Crippen LogP contribution in [-0.4, -0.2) is 24.0 Å². The highest BCUT2D eigenvalue weighted by atomic mass is 35.5. The zero-order valence-electron chi connectivity index (χ0n) is 10.9. The zero-order valence-corrected chi connectivity index (χ0v) is 12.6. The highest BCUT2D eigenvalue weighted by Crippen LogP contribution is 2.10. The average Bonchev–Trinajstić information content (AvgIpc) is 2.73. The molecule has 0 radical (unpaired) electrons. The van der Waals surface area contributed by atoms with E-state index in [2.05, 4.69) is 24.1 Å². The van der Waals surface area contributed by atoms with Gasteiger partial charge in [0.1, 0.15) is 5.69 Å². The van der Waals surface area contributed by atoms with E-state index < -0.39 is 0 Å². The molecule has 0 saturated carbocycles. The largest absolute Gasteiger partial charge is 0.351 e. The van der Waals surface area contributed by atoms with E-state index in [1.165, 1.54) is 11.3 Å². The Morgan fingerprint density at radius 1 is 1.56 bits per heavy atom. The number of carbonyl (C=O) groups is 1. The second-order valence-corrected chi connectivity index (χ2v) is 5.40. The number of aromatic nitrogens is 1. The third kappa shape index (κ3) is 6.33. The van der Waals surface area contributed by atoms with Gasteiger partial charge in [-0.15, -0.1) is 23.7 Å². The van der Waals surface area contributed by atoms with Crippen LogP contribution in [0.1, 0.15) is 42.2 Å². The Labute approximate surface area is 119 Å². The van der Waals surface area contributed by atoms with Gasteiger partial charge in [-0.05, 0) is 25.3 Å². The summed E-state index contributed by atoms with van der Waals surface area (Å²) in [5.74, 6) is 0.607. The lowest BCUT2D eigenvalue weighted by Crippen LogP contribution is -2.25. The first-order valence-electron chi connectivity index (χ1n) is 6.06. The molecule has 0 spiro atoms. The van der Waals surface area contributed by atoms with Crippen LogP contribution in [0.2, 0.25) is 0 Å². The van der Waals surface area contributed by atoms with Gasteiger partial charge >= 0.3 is 0 Å². The van der Waals surface area contributed by atoms with E-state index in [4.69, 9.17) is 5.73 Å². The normalized spacial score (nSPS) is 10.2. The summed E-state index contributed by atoms with van der Waals surface area (Å²) in [7, 11) is 0. The molecule has 3 N–H and O–H groups in total. The fraction of sp³-hybridized carbons (Fsp3) is 0.667. The van der Waals surface area contributed by atoms with E-state index in [1.807, 2.05) is 0 Å². The number of thiazole rings is 1. The molecule has 0 aliphatic carbocycles. The van der Waals surface area contributed by atoms with Gasteiger partial charge in [-0.2, -0.15) is 0 Å². The number of nitrogens with zero attached hydrogens (tertiary/aromatic N) is 1. The van der Waals surface area contributed by atoms with Crippen molar-refractivity contribution >= 4 is 29.7 Å². The molecular weight excluding hydrogens is 270 g/mol. The van der Waals surface area contributed by atoms with Gasteiger partial charge in [0.25, 0.3) is 5.91 Å². The third-order valence-electron chi connectivity index (χ3n) is 2.39. The standard InChI is InChI=1S/C12H21N3OS.ClH/c1-9(2)4-3-7-14-12(16)10-8-17-11(15-10)5-6-13;/h8-9H,3-7,13H2,1-2H3,(H,14,16);1H. The molecule has 0 unspecified atom stereocenters. The van der Waals surface area contributed by atoms with E-state index in [9.17, 15) is 4.79 Å². The molecule has 0 bridgehead atoms. The number of hydrogen-bond acceptors (Lipinski definition) is 4. The van der Waals surface area contributed by atoms with Crippen molar-refractivity contribution in [3.05, 3.63) is 16.1 Å². The zero-order chi connectivity index (χ0) is 12.7. The number of amides is 1. The minimum absolute atomic E-state index is 0. The van der Waals surface area contributed by atoms with Crippen molar-refractivity contribution in [1.82, 2.24) is 10.3 Å². The average molecular weight is 292 g/mol. The van der Waals surface area contributed by atoms with Crippen molar-refractivity contribution in [1.29, 1.82) is 0 Å². The lowest BCUT2D eigenvalue weighted by molar-refractivity contribution is 0.0948. The van der Waals surface area contributed by atoms with E-state index in [1.54, 1.807) is 5.38 Å².